The molecule has 1 aromatic rings. The first-order chi connectivity index (χ1) is 7.63. The van der Waals surface area contributed by atoms with E-state index in [0.29, 0.717) is 17.0 Å². The normalized spacial score (nSPS) is 12.8. The van der Waals surface area contributed by atoms with Crippen LogP contribution in [0.5, 0.6) is 0 Å². The zero-order chi connectivity index (χ0) is 12.0. The zero-order valence-electron chi connectivity index (χ0n) is 9.38. The second-order valence-electron chi connectivity index (χ2n) is 3.77. The molecular formula is C12H17ClFNS. The monoisotopic (exact) mass is 261 g/mol. The molecule has 1 atom stereocenters. The Morgan fingerprint density at radius 2 is 2.25 bits per heavy atom. The van der Waals surface area contributed by atoms with Gasteiger partial charge in [-0.3, -0.25) is 0 Å². The van der Waals surface area contributed by atoms with E-state index in [1.807, 2.05) is 11.8 Å². The average molecular weight is 262 g/mol. The molecule has 16 heavy (non-hydrogen) atoms. The molecule has 0 aromatic heterocycles. The van der Waals surface area contributed by atoms with E-state index in [0.717, 1.165) is 17.9 Å². The summed E-state index contributed by atoms with van der Waals surface area (Å²) in [6.45, 7) is 2.14. The molecule has 0 aliphatic heterocycles. The standard InChI is InChI=1S/C12H17ClFNS/c1-2-5-16-8-11(15)6-9-3-4-10(13)7-12(9)14/h3-4,7,11H,2,5-6,8,15H2,1H3. The Morgan fingerprint density at radius 3 is 2.88 bits per heavy atom. The molecule has 1 unspecified atom stereocenters. The highest BCUT2D eigenvalue weighted by Crippen LogP contribution is 2.16. The second kappa shape index (κ2) is 7.15. The first-order valence-corrected chi connectivity index (χ1v) is 6.94. The Morgan fingerprint density at radius 1 is 1.50 bits per heavy atom. The van der Waals surface area contributed by atoms with E-state index in [-0.39, 0.29) is 11.9 Å². The van der Waals surface area contributed by atoms with Crippen LogP contribution in [0, 0.1) is 5.82 Å². The van der Waals surface area contributed by atoms with Crippen LogP contribution in [0.4, 0.5) is 4.39 Å². The summed E-state index contributed by atoms with van der Waals surface area (Å²) in [7, 11) is 0. The number of thioether (sulfide) groups is 1. The van der Waals surface area contributed by atoms with Gasteiger partial charge in [0.25, 0.3) is 0 Å². The summed E-state index contributed by atoms with van der Waals surface area (Å²) in [5.41, 5.74) is 6.58. The van der Waals surface area contributed by atoms with Gasteiger partial charge in [0, 0.05) is 16.8 Å². The summed E-state index contributed by atoms with van der Waals surface area (Å²) in [5.74, 6) is 1.72. The van der Waals surface area contributed by atoms with E-state index in [9.17, 15) is 4.39 Å². The van der Waals surface area contributed by atoms with Gasteiger partial charge in [-0.15, -0.1) is 0 Å². The van der Waals surface area contributed by atoms with Crippen LogP contribution in [-0.4, -0.2) is 17.5 Å². The molecule has 0 bridgehead atoms. The summed E-state index contributed by atoms with van der Waals surface area (Å²) in [6.07, 6.45) is 1.71. The van der Waals surface area contributed by atoms with Gasteiger partial charge < -0.3 is 5.73 Å². The number of hydrogen-bond donors (Lipinski definition) is 1. The van der Waals surface area contributed by atoms with Gasteiger partial charge in [0.15, 0.2) is 0 Å². The summed E-state index contributed by atoms with van der Waals surface area (Å²) < 4.78 is 13.5. The van der Waals surface area contributed by atoms with Crippen molar-refractivity contribution in [3.05, 3.63) is 34.6 Å². The molecule has 0 amide bonds. The summed E-state index contributed by atoms with van der Waals surface area (Å²) in [5, 5.41) is 0.426. The molecule has 90 valence electrons. The van der Waals surface area contributed by atoms with Crippen molar-refractivity contribution in [3.8, 4) is 0 Å². The highest BCUT2D eigenvalue weighted by Gasteiger charge is 2.08. The van der Waals surface area contributed by atoms with Gasteiger partial charge in [-0.2, -0.15) is 11.8 Å². The van der Waals surface area contributed by atoms with Crippen LogP contribution in [-0.2, 0) is 6.42 Å². The van der Waals surface area contributed by atoms with Crippen LogP contribution in [0.25, 0.3) is 0 Å². The topological polar surface area (TPSA) is 26.0 Å². The van der Waals surface area contributed by atoms with Gasteiger partial charge in [0.1, 0.15) is 5.82 Å². The van der Waals surface area contributed by atoms with E-state index in [2.05, 4.69) is 6.92 Å². The Kier molecular flexibility index (Phi) is 6.17. The number of nitrogens with two attached hydrogens (primary N) is 1. The lowest BCUT2D eigenvalue weighted by Gasteiger charge is -2.11. The van der Waals surface area contributed by atoms with Gasteiger partial charge in [0.2, 0.25) is 0 Å². The maximum absolute atomic E-state index is 13.5. The van der Waals surface area contributed by atoms with Crippen LogP contribution >= 0.6 is 23.4 Å². The fourth-order valence-electron chi connectivity index (χ4n) is 1.41. The van der Waals surface area contributed by atoms with Crippen LogP contribution < -0.4 is 5.73 Å². The van der Waals surface area contributed by atoms with Crippen molar-refractivity contribution < 1.29 is 4.39 Å². The summed E-state index contributed by atoms with van der Waals surface area (Å²) in [4.78, 5) is 0. The van der Waals surface area contributed by atoms with Crippen molar-refractivity contribution in [1.29, 1.82) is 0 Å². The van der Waals surface area contributed by atoms with Crippen LogP contribution in [0.1, 0.15) is 18.9 Å². The number of halogens is 2. The highest BCUT2D eigenvalue weighted by atomic mass is 35.5. The largest absolute Gasteiger partial charge is 0.327 e. The van der Waals surface area contributed by atoms with E-state index in [4.69, 9.17) is 17.3 Å². The second-order valence-corrected chi connectivity index (χ2v) is 5.36. The fourth-order valence-corrected chi connectivity index (χ4v) is 2.44. The molecule has 0 aliphatic rings. The van der Waals surface area contributed by atoms with Crippen LogP contribution in [0.15, 0.2) is 18.2 Å². The maximum Gasteiger partial charge on any atom is 0.127 e. The molecule has 0 saturated carbocycles. The smallest absolute Gasteiger partial charge is 0.127 e. The molecule has 0 saturated heterocycles. The third kappa shape index (κ3) is 4.73. The zero-order valence-corrected chi connectivity index (χ0v) is 11.0. The predicted molar refractivity (Wildman–Crippen MR) is 70.7 cm³/mol. The molecular weight excluding hydrogens is 245 g/mol. The van der Waals surface area contributed by atoms with Crippen molar-refractivity contribution in [2.75, 3.05) is 11.5 Å². The van der Waals surface area contributed by atoms with Gasteiger partial charge in [-0.25, -0.2) is 4.39 Å². The Labute approximate surface area is 106 Å². The highest BCUT2D eigenvalue weighted by molar-refractivity contribution is 7.99. The fraction of sp³-hybridized carbons (Fsp3) is 0.500. The predicted octanol–water partition coefficient (Wildman–Crippen LogP) is 3.49. The minimum atomic E-state index is -0.261. The van der Waals surface area contributed by atoms with Gasteiger partial charge in [0.05, 0.1) is 0 Å². The number of benzene rings is 1. The molecule has 0 aliphatic carbocycles. The molecule has 2 N–H and O–H groups in total. The molecule has 0 radical (unpaired) electrons. The van der Waals surface area contributed by atoms with Crippen molar-refractivity contribution in [2.24, 2.45) is 5.73 Å². The Hall–Kier alpha value is -0.250. The lowest BCUT2D eigenvalue weighted by molar-refractivity contribution is 0.597. The van der Waals surface area contributed by atoms with E-state index < -0.39 is 0 Å². The summed E-state index contributed by atoms with van der Waals surface area (Å²) >= 11 is 7.50. The quantitative estimate of drug-likeness (QED) is 0.794. The minimum absolute atomic E-state index is 0.00669. The van der Waals surface area contributed by atoms with Crippen molar-refractivity contribution in [1.82, 2.24) is 0 Å². The van der Waals surface area contributed by atoms with E-state index in [1.54, 1.807) is 12.1 Å². The molecule has 4 heteroatoms. The summed E-state index contributed by atoms with van der Waals surface area (Å²) in [6, 6.07) is 4.75. The Balaban J connectivity index is 2.46. The average Bonchev–Trinajstić information content (AvgIpc) is 2.23. The molecule has 1 rings (SSSR count). The maximum atomic E-state index is 13.5. The third-order valence-corrected chi connectivity index (χ3v) is 3.77. The lowest BCUT2D eigenvalue weighted by atomic mass is 10.1. The van der Waals surface area contributed by atoms with E-state index in [1.165, 1.54) is 6.07 Å². The van der Waals surface area contributed by atoms with Crippen molar-refractivity contribution in [3.63, 3.8) is 0 Å². The number of hydrogen-bond acceptors (Lipinski definition) is 2. The lowest BCUT2D eigenvalue weighted by Crippen LogP contribution is -2.26. The Bertz CT molecular complexity index is 333. The number of rotatable bonds is 6. The third-order valence-electron chi connectivity index (χ3n) is 2.18. The van der Waals surface area contributed by atoms with Crippen molar-refractivity contribution in [2.45, 2.75) is 25.8 Å². The van der Waals surface area contributed by atoms with Crippen molar-refractivity contribution >= 4 is 23.4 Å². The van der Waals surface area contributed by atoms with Gasteiger partial charge in [-0.1, -0.05) is 24.6 Å². The van der Waals surface area contributed by atoms with Gasteiger partial charge >= 0.3 is 0 Å². The van der Waals surface area contributed by atoms with Crippen LogP contribution in [0.3, 0.4) is 0 Å². The molecule has 1 aromatic carbocycles. The first kappa shape index (κ1) is 13.8. The first-order valence-electron chi connectivity index (χ1n) is 5.40. The van der Waals surface area contributed by atoms with Crippen LogP contribution in [0.2, 0.25) is 5.02 Å². The minimum Gasteiger partial charge on any atom is -0.327 e. The SMILES string of the molecule is CCCSCC(N)Cc1ccc(Cl)cc1F. The van der Waals surface area contributed by atoms with Gasteiger partial charge in [-0.05, 0) is 36.3 Å². The molecule has 1 nitrogen and oxygen atoms in total. The molecule has 0 spiro atoms. The van der Waals surface area contributed by atoms with E-state index >= 15 is 0 Å². The molecule has 0 fully saturated rings. The molecule has 0 heterocycles.